The summed E-state index contributed by atoms with van der Waals surface area (Å²) in [6.45, 7) is 8.01. The van der Waals surface area contributed by atoms with E-state index < -0.39 is 0 Å². The van der Waals surface area contributed by atoms with Crippen molar-refractivity contribution in [3.8, 4) is 11.1 Å². The van der Waals surface area contributed by atoms with E-state index >= 15 is 0 Å². The zero-order valence-electron chi connectivity index (χ0n) is 13.2. The molecular formula is C17H21N5. The topological polar surface area (TPSA) is 58.5 Å². The number of aromatic amines is 1. The molecule has 0 fully saturated rings. The molecule has 2 heterocycles. The van der Waals surface area contributed by atoms with Crippen LogP contribution in [0.5, 0.6) is 0 Å². The summed E-state index contributed by atoms with van der Waals surface area (Å²) in [6.07, 6.45) is 3.72. The van der Waals surface area contributed by atoms with Gasteiger partial charge in [0.1, 0.15) is 0 Å². The second-order valence-electron chi connectivity index (χ2n) is 5.38. The predicted molar refractivity (Wildman–Crippen MR) is 88.7 cm³/mol. The van der Waals surface area contributed by atoms with Gasteiger partial charge in [-0.05, 0) is 38.5 Å². The Labute approximate surface area is 130 Å². The monoisotopic (exact) mass is 295 g/mol. The van der Waals surface area contributed by atoms with Crippen LogP contribution in [0.4, 0.5) is 5.69 Å². The van der Waals surface area contributed by atoms with Crippen LogP contribution in [0.2, 0.25) is 0 Å². The van der Waals surface area contributed by atoms with Crippen LogP contribution in [-0.2, 0) is 13.1 Å². The first-order valence-corrected chi connectivity index (χ1v) is 7.55. The number of hydrogen-bond donors (Lipinski definition) is 2. The molecule has 5 nitrogen and oxygen atoms in total. The fourth-order valence-corrected chi connectivity index (χ4v) is 2.68. The summed E-state index contributed by atoms with van der Waals surface area (Å²) < 4.78 is 2.05. The van der Waals surface area contributed by atoms with Gasteiger partial charge in [-0.2, -0.15) is 10.2 Å². The Balaban J connectivity index is 1.71. The molecule has 0 aliphatic carbocycles. The molecule has 114 valence electrons. The van der Waals surface area contributed by atoms with Gasteiger partial charge in [-0.25, -0.2) is 0 Å². The second-order valence-corrected chi connectivity index (χ2v) is 5.38. The molecule has 0 bridgehead atoms. The molecule has 0 saturated carbocycles. The van der Waals surface area contributed by atoms with Crippen LogP contribution in [0, 0.1) is 13.8 Å². The lowest BCUT2D eigenvalue weighted by molar-refractivity contribution is 0.633. The molecule has 22 heavy (non-hydrogen) atoms. The average molecular weight is 295 g/mol. The predicted octanol–water partition coefficient (Wildman–Crippen LogP) is 3.52. The van der Waals surface area contributed by atoms with Crippen molar-refractivity contribution < 1.29 is 0 Å². The fourth-order valence-electron chi connectivity index (χ4n) is 2.68. The van der Waals surface area contributed by atoms with Crippen LogP contribution in [-0.4, -0.2) is 20.0 Å². The highest BCUT2D eigenvalue weighted by molar-refractivity contribution is 5.64. The molecule has 5 heteroatoms. The Morgan fingerprint density at radius 2 is 1.91 bits per heavy atom. The van der Waals surface area contributed by atoms with Crippen molar-refractivity contribution in [3.05, 3.63) is 53.6 Å². The lowest BCUT2D eigenvalue weighted by atomic mass is 10.1. The molecule has 0 radical (unpaired) electrons. The number of nitrogens with one attached hydrogen (secondary N) is 2. The first-order chi connectivity index (χ1) is 10.7. The minimum atomic E-state index is 0.794. The molecule has 0 unspecified atom stereocenters. The van der Waals surface area contributed by atoms with E-state index in [-0.39, 0.29) is 0 Å². The van der Waals surface area contributed by atoms with Crippen molar-refractivity contribution >= 4 is 5.69 Å². The van der Waals surface area contributed by atoms with E-state index in [1.54, 1.807) is 0 Å². The van der Waals surface area contributed by atoms with E-state index in [1.165, 1.54) is 11.3 Å². The highest BCUT2D eigenvalue weighted by Crippen LogP contribution is 2.21. The Morgan fingerprint density at radius 1 is 1.14 bits per heavy atom. The zero-order chi connectivity index (χ0) is 15.5. The maximum Gasteiger partial charge on any atom is 0.0646 e. The van der Waals surface area contributed by atoms with Crippen LogP contribution < -0.4 is 5.32 Å². The van der Waals surface area contributed by atoms with Crippen molar-refractivity contribution in [2.45, 2.75) is 33.9 Å². The summed E-state index contributed by atoms with van der Waals surface area (Å²) in [5.41, 5.74) is 6.98. The third-order valence-electron chi connectivity index (χ3n) is 4.02. The van der Waals surface area contributed by atoms with Gasteiger partial charge < -0.3 is 5.32 Å². The van der Waals surface area contributed by atoms with Gasteiger partial charge in [-0.3, -0.25) is 9.78 Å². The standard InChI is InChI=1S/C17H21N5/c1-4-22-13(3)17(12(2)21-22)11-18-16-7-5-14(6-8-16)15-9-19-20-10-15/h5-10,18H,4,11H2,1-3H3,(H,19,20). The maximum absolute atomic E-state index is 4.56. The van der Waals surface area contributed by atoms with Gasteiger partial charge in [0, 0.05) is 41.8 Å². The molecule has 0 aliphatic rings. The van der Waals surface area contributed by atoms with Gasteiger partial charge >= 0.3 is 0 Å². The van der Waals surface area contributed by atoms with Crippen LogP contribution in [0.1, 0.15) is 23.9 Å². The van der Waals surface area contributed by atoms with Crippen LogP contribution in [0.25, 0.3) is 11.1 Å². The van der Waals surface area contributed by atoms with Crippen LogP contribution in [0.15, 0.2) is 36.7 Å². The number of anilines is 1. The van der Waals surface area contributed by atoms with Crippen LogP contribution >= 0.6 is 0 Å². The van der Waals surface area contributed by atoms with Gasteiger partial charge in [0.05, 0.1) is 11.9 Å². The summed E-state index contributed by atoms with van der Waals surface area (Å²) in [7, 11) is 0. The number of hydrogen-bond acceptors (Lipinski definition) is 3. The van der Waals surface area contributed by atoms with Gasteiger partial charge in [-0.1, -0.05) is 12.1 Å². The Kier molecular flexibility index (Phi) is 3.96. The lowest BCUT2D eigenvalue weighted by Crippen LogP contribution is -2.03. The minimum Gasteiger partial charge on any atom is -0.381 e. The average Bonchev–Trinajstić information content (AvgIpc) is 3.15. The summed E-state index contributed by atoms with van der Waals surface area (Å²) >= 11 is 0. The van der Waals surface area contributed by atoms with Gasteiger partial charge in [0.2, 0.25) is 0 Å². The Bertz CT molecular complexity index is 738. The molecule has 2 N–H and O–H groups in total. The smallest absolute Gasteiger partial charge is 0.0646 e. The summed E-state index contributed by atoms with van der Waals surface area (Å²) in [5.74, 6) is 0. The quantitative estimate of drug-likeness (QED) is 0.757. The first kappa shape index (κ1) is 14.4. The fraction of sp³-hybridized carbons (Fsp3) is 0.294. The van der Waals surface area contributed by atoms with Crippen molar-refractivity contribution in [2.24, 2.45) is 0 Å². The zero-order valence-corrected chi connectivity index (χ0v) is 13.2. The molecule has 0 saturated heterocycles. The van der Waals surface area contributed by atoms with Gasteiger partial charge in [0.15, 0.2) is 0 Å². The molecule has 3 aromatic rings. The molecular weight excluding hydrogens is 274 g/mol. The Morgan fingerprint density at radius 3 is 2.50 bits per heavy atom. The largest absolute Gasteiger partial charge is 0.381 e. The molecule has 2 aromatic heterocycles. The van der Waals surface area contributed by atoms with Gasteiger partial charge in [0.25, 0.3) is 0 Å². The first-order valence-electron chi connectivity index (χ1n) is 7.55. The van der Waals surface area contributed by atoms with E-state index in [2.05, 4.69) is 65.6 Å². The number of rotatable bonds is 5. The number of aryl methyl sites for hydroxylation is 2. The molecule has 0 spiro atoms. The highest BCUT2D eigenvalue weighted by Gasteiger charge is 2.10. The third kappa shape index (κ3) is 2.74. The molecule has 0 atom stereocenters. The summed E-state index contributed by atoms with van der Waals surface area (Å²) in [4.78, 5) is 0. The SMILES string of the molecule is CCn1nc(C)c(CNc2ccc(-c3cn[nH]c3)cc2)c1C. The molecule has 0 aliphatic heterocycles. The number of benzene rings is 1. The van der Waals surface area contributed by atoms with Crippen molar-refractivity contribution in [2.75, 3.05) is 5.32 Å². The van der Waals surface area contributed by atoms with Crippen LogP contribution in [0.3, 0.4) is 0 Å². The number of H-pyrrole nitrogens is 1. The van der Waals surface area contributed by atoms with E-state index in [4.69, 9.17) is 0 Å². The van der Waals surface area contributed by atoms with E-state index in [1.807, 2.05) is 17.1 Å². The van der Waals surface area contributed by atoms with E-state index in [0.29, 0.717) is 0 Å². The minimum absolute atomic E-state index is 0.794. The number of nitrogens with zero attached hydrogens (tertiary/aromatic N) is 3. The van der Waals surface area contributed by atoms with Crippen molar-refractivity contribution in [3.63, 3.8) is 0 Å². The van der Waals surface area contributed by atoms with Crippen molar-refractivity contribution in [1.29, 1.82) is 0 Å². The lowest BCUT2D eigenvalue weighted by Gasteiger charge is -2.08. The van der Waals surface area contributed by atoms with Gasteiger partial charge in [-0.15, -0.1) is 0 Å². The number of aromatic nitrogens is 4. The second kappa shape index (κ2) is 6.05. The highest BCUT2D eigenvalue weighted by atomic mass is 15.3. The normalized spacial score (nSPS) is 10.9. The molecule has 0 amide bonds. The Hall–Kier alpha value is -2.56. The van der Waals surface area contributed by atoms with E-state index in [0.717, 1.165) is 35.6 Å². The summed E-state index contributed by atoms with van der Waals surface area (Å²) in [5, 5.41) is 14.8. The maximum atomic E-state index is 4.56. The molecule has 3 rings (SSSR count). The van der Waals surface area contributed by atoms with Crippen molar-refractivity contribution in [1.82, 2.24) is 20.0 Å². The van der Waals surface area contributed by atoms with E-state index in [9.17, 15) is 0 Å². The summed E-state index contributed by atoms with van der Waals surface area (Å²) in [6, 6.07) is 8.39. The third-order valence-corrected chi connectivity index (χ3v) is 4.02. The molecule has 1 aromatic carbocycles.